The van der Waals surface area contributed by atoms with Crippen molar-refractivity contribution in [2.45, 2.75) is 0 Å². The van der Waals surface area contributed by atoms with Crippen molar-refractivity contribution in [3.8, 4) is 11.4 Å². The van der Waals surface area contributed by atoms with Crippen LogP contribution in [0.1, 0.15) is 5.56 Å². The first-order valence-electron chi connectivity index (χ1n) is 3.00. The summed E-state index contributed by atoms with van der Waals surface area (Å²) in [6.07, 6.45) is 0. The molecule has 0 atom stereocenters. The Bertz CT molecular complexity index is 337. The van der Waals surface area contributed by atoms with Gasteiger partial charge < -0.3 is 0 Å². The highest BCUT2D eigenvalue weighted by Gasteiger charge is 2.04. The molecule has 0 spiro atoms. The third-order valence-corrected chi connectivity index (χ3v) is 2.13. The summed E-state index contributed by atoms with van der Waals surface area (Å²) in [4.78, 5) is 0. The zero-order chi connectivity index (χ0) is 7.68. The van der Waals surface area contributed by atoms with Crippen LogP contribution in [0, 0.1) is 6.92 Å². The van der Waals surface area contributed by atoms with Gasteiger partial charge in [-0.1, -0.05) is 0 Å². The van der Waals surface area contributed by atoms with Crippen LogP contribution in [0.4, 0.5) is 0 Å². The summed E-state index contributed by atoms with van der Waals surface area (Å²) in [7, 11) is 0. The first-order chi connectivity index (χ1) is 5.38. The Labute approximate surface area is 67.3 Å². The van der Waals surface area contributed by atoms with Gasteiger partial charge in [-0.3, -0.25) is 0 Å². The highest BCUT2D eigenvalue weighted by atomic mass is 32.1. The average Bonchev–Trinajstić information content (AvgIpc) is 2.55. The van der Waals surface area contributed by atoms with Gasteiger partial charge in [-0.15, -0.1) is 5.10 Å². The Morgan fingerprint density at radius 2 is 2.36 bits per heavy atom. The van der Waals surface area contributed by atoms with Crippen LogP contribution in [-0.2, 0) is 0 Å². The molecule has 0 saturated heterocycles. The third-order valence-electron chi connectivity index (χ3n) is 1.34. The fraction of sp³-hybridized carbons (Fsp3) is 0. The molecule has 2 heterocycles. The summed E-state index contributed by atoms with van der Waals surface area (Å²) in [5.41, 5.74) is 1.92. The van der Waals surface area contributed by atoms with Crippen LogP contribution >= 0.6 is 11.3 Å². The van der Waals surface area contributed by atoms with E-state index in [-0.39, 0.29) is 0 Å². The second-order valence-electron chi connectivity index (χ2n) is 2.06. The Kier molecular flexibility index (Phi) is 1.43. The fourth-order valence-electron chi connectivity index (χ4n) is 0.805. The number of aromatic nitrogens is 4. The molecule has 2 aromatic heterocycles. The van der Waals surface area contributed by atoms with Gasteiger partial charge in [0.2, 0.25) is 0 Å². The van der Waals surface area contributed by atoms with Gasteiger partial charge in [-0.2, -0.15) is 11.3 Å². The molecule has 0 amide bonds. The van der Waals surface area contributed by atoms with E-state index in [1.807, 2.05) is 10.8 Å². The molecule has 0 aliphatic rings. The summed E-state index contributed by atoms with van der Waals surface area (Å²) in [5.74, 6) is 0.677. The lowest BCUT2D eigenvalue weighted by molar-refractivity contribution is 0.881. The molecule has 11 heavy (non-hydrogen) atoms. The highest BCUT2D eigenvalue weighted by Crippen LogP contribution is 2.21. The molecule has 0 saturated carbocycles. The summed E-state index contributed by atoms with van der Waals surface area (Å²) in [6.45, 7) is 3.83. The number of thiophene rings is 1. The first-order valence-corrected chi connectivity index (χ1v) is 3.94. The maximum absolute atomic E-state index is 3.83. The molecule has 4 nitrogen and oxygen atoms in total. The third kappa shape index (κ3) is 1.03. The van der Waals surface area contributed by atoms with Crippen LogP contribution in [0.15, 0.2) is 10.8 Å². The maximum Gasteiger partial charge on any atom is 0.180 e. The summed E-state index contributed by atoms with van der Waals surface area (Å²) in [5, 5.41) is 17.3. The SMILES string of the molecule is [CH2]c1cscc1-c1nnn[nH]1. The maximum atomic E-state index is 3.83. The lowest BCUT2D eigenvalue weighted by atomic mass is 10.2. The molecular formula is C6H5N4S. The van der Waals surface area contributed by atoms with E-state index in [1.54, 1.807) is 11.3 Å². The normalized spacial score (nSPS) is 10.3. The van der Waals surface area contributed by atoms with Crippen molar-refractivity contribution in [1.29, 1.82) is 0 Å². The molecule has 1 radical (unpaired) electrons. The number of nitrogens with zero attached hydrogens (tertiary/aromatic N) is 3. The van der Waals surface area contributed by atoms with E-state index in [0.717, 1.165) is 11.1 Å². The zero-order valence-corrected chi connectivity index (χ0v) is 6.43. The fourth-order valence-corrected chi connectivity index (χ4v) is 1.56. The molecule has 2 rings (SSSR count). The van der Waals surface area contributed by atoms with Crippen LogP contribution in [0.25, 0.3) is 11.4 Å². The monoisotopic (exact) mass is 165 g/mol. The molecule has 0 aliphatic carbocycles. The highest BCUT2D eigenvalue weighted by molar-refractivity contribution is 7.08. The molecule has 0 aliphatic heterocycles. The van der Waals surface area contributed by atoms with Gasteiger partial charge in [-0.25, -0.2) is 5.10 Å². The second-order valence-corrected chi connectivity index (χ2v) is 2.80. The van der Waals surface area contributed by atoms with Crippen molar-refractivity contribution in [2.75, 3.05) is 0 Å². The van der Waals surface area contributed by atoms with Gasteiger partial charge >= 0.3 is 0 Å². The van der Waals surface area contributed by atoms with Gasteiger partial charge in [0, 0.05) is 10.9 Å². The smallest absolute Gasteiger partial charge is 0.180 e. The van der Waals surface area contributed by atoms with Crippen LogP contribution in [0.2, 0.25) is 0 Å². The van der Waals surface area contributed by atoms with E-state index in [2.05, 4.69) is 27.5 Å². The molecule has 5 heteroatoms. The van der Waals surface area contributed by atoms with Crippen molar-refractivity contribution in [3.63, 3.8) is 0 Å². The predicted molar refractivity (Wildman–Crippen MR) is 41.9 cm³/mol. The van der Waals surface area contributed by atoms with Crippen LogP contribution in [-0.4, -0.2) is 20.6 Å². The van der Waals surface area contributed by atoms with E-state index < -0.39 is 0 Å². The Morgan fingerprint density at radius 3 is 2.91 bits per heavy atom. The number of rotatable bonds is 1. The molecule has 0 fully saturated rings. The lowest BCUT2D eigenvalue weighted by Gasteiger charge is -1.88. The lowest BCUT2D eigenvalue weighted by Crippen LogP contribution is -1.79. The Morgan fingerprint density at radius 1 is 1.45 bits per heavy atom. The Hall–Kier alpha value is -1.23. The van der Waals surface area contributed by atoms with Crippen molar-refractivity contribution < 1.29 is 0 Å². The first kappa shape index (κ1) is 6.48. The van der Waals surface area contributed by atoms with E-state index in [0.29, 0.717) is 5.82 Å². The number of nitrogens with one attached hydrogen (secondary N) is 1. The van der Waals surface area contributed by atoms with Gasteiger partial charge in [0.05, 0.1) is 0 Å². The van der Waals surface area contributed by atoms with E-state index in [1.165, 1.54) is 0 Å². The molecule has 0 unspecified atom stereocenters. The topological polar surface area (TPSA) is 54.5 Å². The van der Waals surface area contributed by atoms with Crippen LogP contribution < -0.4 is 0 Å². The zero-order valence-electron chi connectivity index (χ0n) is 5.61. The van der Waals surface area contributed by atoms with Crippen molar-refractivity contribution in [3.05, 3.63) is 23.2 Å². The number of hydrogen-bond acceptors (Lipinski definition) is 4. The van der Waals surface area contributed by atoms with Crippen molar-refractivity contribution in [1.82, 2.24) is 20.6 Å². The quantitative estimate of drug-likeness (QED) is 0.688. The van der Waals surface area contributed by atoms with Gasteiger partial charge in [0.25, 0.3) is 0 Å². The predicted octanol–water partition coefficient (Wildman–Crippen LogP) is 1.11. The molecule has 2 aromatic rings. The minimum absolute atomic E-state index is 0.677. The molecule has 55 valence electrons. The Balaban J connectivity index is 2.53. The number of hydrogen-bond donors (Lipinski definition) is 1. The summed E-state index contributed by atoms with van der Waals surface area (Å²) in [6, 6.07) is 0. The number of tetrazole rings is 1. The van der Waals surface area contributed by atoms with Crippen LogP contribution in [0.3, 0.4) is 0 Å². The molecular weight excluding hydrogens is 160 g/mol. The molecule has 0 aromatic carbocycles. The van der Waals surface area contributed by atoms with Crippen molar-refractivity contribution >= 4 is 11.3 Å². The van der Waals surface area contributed by atoms with Gasteiger partial charge in [0.15, 0.2) is 5.82 Å². The summed E-state index contributed by atoms with van der Waals surface area (Å²) >= 11 is 1.59. The van der Waals surface area contributed by atoms with Crippen LogP contribution in [0.5, 0.6) is 0 Å². The number of H-pyrrole nitrogens is 1. The minimum Gasteiger partial charge on any atom is -0.239 e. The van der Waals surface area contributed by atoms with Crippen molar-refractivity contribution in [2.24, 2.45) is 0 Å². The number of aromatic amines is 1. The standard InChI is InChI=1S/C6H5N4S/c1-4-2-11-3-5(4)6-7-9-10-8-6/h2-3H,1H2,(H,7,8,9,10). The van der Waals surface area contributed by atoms with E-state index in [4.69, 9.17) is 0 Å². The molecule has 1 N–H and O–H groups in total. The van der Waals surface area contributed by atoms with Gasteiger partial charge in [0.1, 0.15) is 0 Å². The second kappa shape index (κ2) is 2.43. The van der Waals surface area contributed by atoms with E-state index >= 15 is 0 Å². The summed E-state index contributed by atoms with van der Waals surface area (Å²) < 4.78 is 0. The largest absolute Gasteiger partial charge is 0.239 e. The molecule has 0 bridgehead atoms. The van der Waals surface area contributed by atoms with E-state index in [9.17, 15) is 0 Å². The minimum atomic E-state index is 0.677. The van der Waals surface area contributed by atoms with Gasteiger partial charge in [-0.05, 0) is 28.3 Å². The average molecular weight is 165 g/mol.